The zero-order valence-corrected chi connectivity index (χ0v) is 14.4. The molecule has 0 amide bonds. The van der Waals surface area contributed by atoms with E-state index in [1.165, 1.54) is 0 Å². The molecular formula is C23H19NO2. The summed E-state index contributed by atoms with van der Waals surface area (Å²) in [5, 5.41) is 4.21. The molecule has 0 saturated carbocycles. The number of ether oxygens (including phenoxy) is 1. The number of cyclic esters (lactones) is 1. The van der Waals surface area contributed by atoms with Crippen LogP contribution in [0.3, 0.4) is 0 Å². The molecule has 3 aromatic rings. The van der Waals surface area contributed by atoms with Crippen LogP contribution in [-0.4, -0.2) is 17.4 Å². The van der Waals surface area contributed by atoms with E-state index >= 15 is 0 Å². The fraction of sp³-hybridized carbons (Fsp3) is 0.130. The van der Waals surface area contributed by atoms with E-state index in [0.29, 0.717) is 18.7 Å². The van der Waals surface area contributed by atoms with Crippen molar-refractivity contribution in [2.24, 2.45) is 4.99 Å². The van der Waals surface area contributed by atoms with Crippen molar-refractivity contribution in [2.75, 3.05) is 0 Å². The van der Waals surface area contributed by atoms with Crippen molar-refractivity contribution in [2.45, 2.75) is 18.4 Å². The Morgan fingerprint density at radius 1 is 0.923 bits per heavy atom. The van der Waals surface area contributed by atoms with Crippen LogP contribution in [-0.2, 0) is 9.53 Å². The van der Waals surface area contributed by atoms with Gasteiger partial charge in [-0.05, 0) is 27.6 Å². The Labute approximate surface area is 152 Å². The van der Waals surface area contributed by atoms with Crippen molar-refractivity contribution in [3.05, 3.63) is 85.5 Å². The molecule has 1 aliphatic heterocycles. The minimum absolute atomic E-state index is 0.343. The van der Waals surface area contributed by atoms with Crippen molar-refractivity contribution in [3.63, 3.8) is 0 Å². The largest absolute Gasteiger partial charge is 0.405 e. The van der Waals surface area contributed by atoms with Crippen molar-refractivity contribution < 1.29 is 9.53 Å². The molecular weight excluding hydrogens is 322 g/mol. The highest BCUT2D eigenvalue weighted by molar-refractivity contribution is 6.22. The van der Waals surface area contributed by atoms with Crippen LogP contribution >= 0.6 is 0 Å². The number of benzene rings is 3. The molecule has 0 atom stereocenters. The molecule has 0 fully saturated rings. The minimum atomic E-state index is -0.961. The quantitative estimate of drug-likeness (QED) is 0.364. The average molecular weight is 341 g/mol. The Bertz CT molecular complexity index is 1010. The van der Waals surface area contributed by atoms with E-state index in [0.717, 1.165) is 27.1 Å². The maximum atomic E-state index is 12.7. The van der Waals surface area contributed by atoms with E-state index < -0.39 is 5.54 Å². The number of hydrogen-bond acceptors (Lipinski definition) is 3. The highest BCUT2D eigenvalue weighted by Crippen LogP contribution is 2.35. The van der Waals surface area contributed by atoms with Gasteiger partial charge in [0.2, 0.25) is 5.90 Å². The van der Waals surface area contributed by atoms with Gasteiger partial charge in [-0.25, -0.2) is 9.79 Å². The van der Waals surface area contributed by atoms with Gasteiger partial charge >= 0.3 is 5.97 Å². The van der Waals surface area contributed by atoms with E-state index in [4.69, 9.17) is 9.73 Å². The van der Waals surface area contributed by atoms with Crippen molar-refractivity contribution >= 4 is 33.4 Å². The summed E-state index contributed by atoms with van der Waals surface area (Å²) in [6.45, 7) is 7.54. The predicted octanol–water partition coefficient (Wildman–Crippen LogP) is 5.19. The topological polar surface area (TPSA) is 38.7 Å². The van der Waals surface area contributed by atoms with Crippen LogP contribution in [0.15, 0.2) is 84.9 Å². The number of hydrogen-bond donors (Lipinski definition) is 0. The first kappa shape index (κ1) is 16.3. The third kappa shape index (κ3) is 2.44. The average Bonchev–Trinajstić information content (AvgIpc) is 2.96. The summed E-state index contributed by atoms with van der Waals surface area (Å²) < 4.78 is 5.70. The van der Waals surface area contributed by atoms with Gasteiger partial charge in [-0.3, -0.25) is 0 Å². The number of esters is 1. The zero-order chi connectivity index (χ0) is 18.1. The third-order valence-electron chi connectivity index (χ3n) is 4.83. The van der Waals surface area contributed by atoms with Gasteiger partial charge in [-0.2, -0.15) is 0 Å². The zero-order valence-electron chi connectivity index (χ0n) is 14.4. The Morgan fingerprint density at radius 3 is 2.00 bits per heavy atom. The number of aliphatic imine (C=N–C) groups is 1. The molecule has 1 aliphatic rings. The van der Waals surface area contributed by atoms with Crippen LogP contribution in [0.1, 0.15) is 18.4 Å². The number of fused-ring (bicyclic) bond motifs is 2. The molecule has 0 bridgehead atoms. The predicted molar refractivity (Wildman–Crippen MR) is 106 cm³/mol. The molecule has 26 heavy (non-hydrogen) atoms. The number of rotatable bonds is 5. The Morgan fingerprint density at radius 2 is 1.46 bits per heavy atom. The first-order valence-corrected chi connectivity index (χ1v) is 8.63. The van der Waals surface area contributed by atoms with E-state index in [2.05, 4.69) is 31.4 Å². The van der Waals surface area contributed by atoms with Crippen molar-refractivity contribution in [3.8, 4) is 0 Å². The SMILES string of the molecule is C=CCC1(CC=C)N=C(c2c3ccccc3cc3ccccc23)OC1=O. The van der Waals surface area contributed by atoms with Gasteiger partial charge in [-0.15, -0.1) is 13.2 Å². The highest BCUT2D eigenvalue weighted by Gasteiger charge is 2.44. The summed E-state index contributed by atoms with van der Waals surface area (Å²) in [5.41, 5.74) is -0.0984. The second-order valence-electron chi connectivity index (χ2n) is 6.52. The maximum absolute atomic E-state index is 12.7. The molecule has 0 saturated heterocycles. The Balaban J connectivity index is 2.02. The monoisotopic (exact) mass is 341 g/mol. The second-order valence-corrected chi connectivity index (χ2v) is 6.52. The Hall–Kier alpha value is -3.20. The molecule has 3 aromatic carbocycles. The maximum Gasteiger partial charge on any atom is 0.341 e. The molecule has 128 valence electrons. The molecule has 3 nitrogen and oxygen atoms in total. The molecule has 0 unspecified atom stereocenters. The van der Waals surface area contributed by atoms with E-state index in [1.54, 1.807) is 12.2 Å². The lowest BCUT2D eigenvalue weighted by molar-refractivity contribution is -0.138. The van der Waals surface area contributed by atoms with Crippen LogP contribution in [0.4, 0.5) is 0 Å². The standard InChI is InChI=1S/C23H19NO2/c1-3-13-23(14-4-2)22(25)26-21(24-23)20-18-11-7-5-9-16(18)15-17-10-6-8-12-19(17)20/h3-12,15H,1-2,13-14H2. The van der Waals surface area contributed by atoms with E-state index in [9.17, 15) is 4.79 Å². The minimum Gasteiger partial charge on any atom is -0.405 e. The van der Waals surface area contributed by atoms with Gasteiger partial charge in [0, 0.05) is 12.8 Å². The van der Waals surface area contributed by atoms with Gasteiger partial charge < -0.3 is 4.74 Å². The second kappa shape index (κ2) is 6.26. The molecule has 0 aliphatic carbocycles. The summed E-state index contributed by atoms with van der Waals surface area (Å²) in [7, 11) is 0. The third-order valence-corrected chi connectivity index (χ3v) is 4.83. The van der Waals surface area contributed by atoms with Crippen LogP contribution in [0.25, 0.3) is 21.5 Å². The highest BCUT2D eigenvalue weighted by atomic mass is 16.6. The van der Waals surface area contributed by atoms with Crippen molar-refractivity contribution in [1.82, 2.24) is 0 Å². The molecule has 4 rings (SSSR count). The first-order chi connectivity index (χ1) is 12.7. The fourth-order valence-electron chi connectivity index (χ4n) is 3.62. The van der Waals surface area contributed by atoms with Crippen LogP contribution in [0, 0.1) is 0 Å². The summed E-state index contributed by atoms with van der Waals surface area (Å²) in [6.07, 6.45) is 4.25. The lowest BCUT2D eigenvalue weighted by atomic mass is 9.92. The van der Waals surface area contributed by atoms with E-state index in [1.807, 2.05) is 36.4 Å². The van der Waals surface area contributed by atoms with Gasteiger partial charge in [0.25, 0.3) is 0 Å². The summed E-state index contributed by atoms with van der Waals surface area (Å²) in [5.74, 6) is 0.0380. The summed E-state index contributed by atoms with van der Waals surface area (Å²) in [6, 6.07) is 18.3. The van der Waals surface area contributed by atoms with Crippen LogP contribution < -0.4 is 0 Å². The van der Waals surface area contributed by atoms with E-state index in [-0.39, 0.29) is 5.97 Å². The first-order valence-electron chi connectivity index (χ1n) is 8.63. The number of nitrogens with zero attached hydrogens (tertiary/aromatic N) is 1. The smallest absolute Gasteiger partial charge is 0.341 e. The normalized spacial score (nSPS) is 15.7. The number of carbonyl (C=O) groups is 1. The molecule has 0 aromatic heterocycles. The molecule has 1 heterocycles. The number of carbonyl (C=O) groups excluding carboxylic acids is 1. The van der Waals surface area contributed by atoms with Crippen molar-refractivity contribution in [1.29, 1.82) is 0 Å². The van der Waals surface area contributed by atoms with Gasteiger partial charge in [0.1, 0.15) is 0 Å². The molecule has 0 N–H and O–H groups in total. The van der Waals surface area contributed by atoms with Gasteiger partial charge in [-0.1, -0.05) is 60.7 Å². The fourth-order valence-corrected chi connectivity index (χ4v) is 3.62. The summed E-state index contributed by atoms with van der Waals surface area (Å²) >= 11 is 0. The lowest BCUT2D eigenvalue weighted by Crippen LogP contribution is -2.32. The summed E-state index contributed by atoms with van der Waals surface area (Å²) in [4.78, 5) is 17.5. The van der Waals surface area contributed by atoms with Crippen LogP contribution in [0.2, 0.25) is 0 Å². The molecule has 0 radical (unpaired) electrons. The van der Waals surface area contributed by atoms with Crippen LogP contribution in [0.5, 0.6) is 0 Å². The molecule has 3 heteroatoms. The molecule has 0 spiro atoms. The Kier molecular flexibility index (Phi) is 3.92. The van der Waals surface area contributed by atoms with Gasteiger partial charge in [0.15, 0.2) is 5.54 Å². The lowest BCUT2D eigenvalue weighted by Gasteiger charge is -2.17. The van der Waals surface area contributed by atoms with Gasteiger partial charge in [0.05, 0.1) is 5.56 Å².